The van der Waals surface area contributed by atoms with Gasteiger partial charge in [-0.1, -0.05) is 61.2 Å². The second-order valence-electron chi connectivity index (χ2n) is 29.0. The van der Waals surface area contributed by atoms with E-state index >= 15 is 0 Å². The molecule has 0 saturated carbocycles. The number of halogens is 2. The Morgan fingerprint density at radius 2 is 0.991 bits per heavy atom. The number of carbonyl (C=O) groups is 2. The van der Waals surface area contributed by atoms with Gasteiger partial charge in [0.05, 0.1) is 94.2 Å². The zero-order valence-electron chi connectivity index (χ0n) is 68.2. The molecular formula is C86H103Cl2N21O7. The van der Waals surface area contributed by atoms with Crippen LogP contribution in [0.1, 0.15) is 37.3 Å². The van der Waals surface area contributed by atoms with E-state index in [-0.39, 0.29) is 28.2 Å². The Kier molecular flexibility index (Phi) is 28.7. The van der Waals surface area contributed by atoms with Gasteiger partial charge in [-0.2, -0.15) is 0 Å². The van der Waals surface area contributed by atoms with E-state index in [0.29, 0.717) is 76.0 Å². The number of benzene rings is 6. The molecule has 0 spiro atoms. The van der Waals surface area contributed by atoms with E-state index in [1.54, 1.807) is 46.0 Å². The topological polar surface area (TPSA) is 291 Å². The maximum Gasteiger partial charge on any atom is 0.294 e. The van der Waals surface area contributed by atoms with Gasteiger partial charge < -0.3 is 84.3 Å². The highest BCUT2D eigenvalue weighted by Crippen LogP contribution is 2.43. The van der Waals surface area contributed by atoms with E-state index in [2.05, 4.69) is 164 Å². The number of rotatable bonds is 30. The monoisotopic (exact) mass is 1610 g/mol. The summed E-state index contributed by atoms with van der Waals surface area (Å²) in [5.74, 6) is 3.04. The number of nitro groups is 1. The molecule has 2 aliphatic heterocycles. The van der Waals surface area contributed by atoms with Crippen LogP contribution in [0.2, 0.25) is 0 Å². The van der Waals surface area contributed by atoms with E-state index < -0.39 is 0 Å². The van der Waals surface area contributed by atoms with Crippen molar-refractivity contribution in [1.29, 1.82) is 0 Å². The maximum atomic E-state index is 12.2. The van der Waals surface area contributed by atoms with Crippen molar-refractivity contribution in [2.45, 2.75) is 58.7 Å². The summed E-state index contributed by atoms with van der Waals surface area (Å²) in [5.41, 5.74) is 23.9. The minimum absolute atomic E-state index is 0.0188. The lowest BCUT2D eigenvalue weighted by atomic mass is 10.0. The summed E-state index contributed by atoms with van der Waals surface area (Å²) >= 11 is 9.95. The summed E-state index contributed by atoms with van der Waals surface area (Å²) in [4.78, 5) is 73.6. The number of ether oxygens (including phenoxy) is 3. The van der Waals surface area contributed by atoms with Crippen LogP contribution in [0.4, 0.5) is 69.0 Å². The predicted molar refractivity (Wildman–Crippen MR) is 472 cm³/mol. The number of aromatic nitrogens is 9. The van der Waals surface area contributed by atoms with Crippen molar-refractivity contribution in [3.8, 4) is 51.0 Å². The fourth-order valence-electron chi connectivity index (χ4n) is 14.1. The van der Waals surface area contributed by atoms with Gasteiger partial charge in [0.1, 0.15) is 22.9 Å². The van der Waals surface area contributed by atoms with Crippen LogP contribution in [-0.4, -0.2) is 204 Å². The number of carbonyl (C=O) groups excluding carboxylic acids is 2. The third-order valence-corrected chi connectivity index (χ3v) is 20.5. The number of nitrogens with zero attached hydrogens (tertiary/aromatic N) is 16. The SMILES string of the molecule is C=CC(=O)Nc1cc(Nc2nccc(-c3cn(CC)c4ccccc34)n2)c(OC)cc1N(C)CCN(C)C.COc1cc(N(C)CCN(C)C)c(N)cc1Nc1nccc(-c2cn3c4c(cccc24)CCC3)n1.COc1cc(N(C)CCN(C)C)c([N+](=O)[O-])cc1Nc1nccc(-c2cn3c4c(cccc24)CCC3)n1.O=C(Cl)CCCl. The predicted octanol–water partition coefficient (Wildman–Crippen LogP) is 15.5. The van der Waals surface area contributed by atoms with Gasteiger partial charge in [0.2, 0.25) is 29.0 Å². The lowest BCUT2D eigenvalue weighted by molar-refractivity contribution is -0.384. The number of nitrogen functional groups attached to an aromatic ring is 1. The van der Waals surface area contributed by atoms with Crippen LogP contribution in [0.15, 0.2) is 165 Å². The minimum atomic E-state index is -0.378. The first kappa shape index (κ1) is 84.8. The fraction of sp³-hybridized carbons (Fsp3) is 0.326. The van der Waals surface area contributed by atoms with E-state index in [9.17, 15) is 19.7 Å². The van der Waals surface area contributed by atoms with Gasteiger partial charge in [-0.15, -0.1) is 11.6 Å². The van der Waals surface area contributed by atoms with Crippen LogP contribution in [0, 0.1) is 10.1 Å². The summed E-state index contributed by atoms with van der Waals surface area (Å²) in [6, 6.07) is 37.8. The number of amides is 1. The van der Waals surface area contributed by atoms with Crippen LogP contribution in [0.5, 0.6) is 17.2 Å². The Hall–Kier alpha value is -12.1. The molecule has 6 aromatic heterocycles. The molecule has 12 aromatic rings. The molecular weight excluding hydrogens is 1510 g/mol. The Morgan fingerprint density at radius 3 is 1.43 bits per heavy atom. The van der Waals surface area contributed by atoms with E-state index in [1.807, 2.05) is 114 Å². The highest BCUT2D eigenvalue weighted by molar-refractivity contribution is 6.63. The fourth-order valence-corrected chi connectivity index (χ4v) is 14.4. The Labute approximate surface area is 687 Å². The number of nitrogens with two attached hydrogens (primary N) is 1. The van der Waals surface area contributed by atoms with Crippen LogP contribution in [-0.2, 0) is 42.1 Å². The maximum absolute atomic E-state index is 12.2. The Morgan fingerprint density at radius 1 is 0.560 bits per heavy atom. The lowest BCUT2D eigenvalue weighted by Crippen LogP contribution is -2.29. The molecule has 6 N–H and O–H groups in total. The molecule has 8 heterocycles. The van der Waals surface area contributed by atoms with Crippen LogP contribution in [0.3, 0.4) is 0 Å². The number of fused-ring (bicyclic) bond motifs is 1. The molecule has 608 valence electrons. The van der Waals surface area contributed by atoms with Gasteiger partial charge in [-0.05, 0) is 140 Å². The summed E-state index contributed by atoms with van der Waals surface area (Å²) in [5, 5.41) is 27.8. The highest BCUT2D eigenvalue weighted by Gasteiger charge is 2.26. The number of anilines is 11. The molecule has 0 unspecified atom stereocenters. The highest BCUT2D eigenvalue weighted by atomic mass is 35.5. The number of hydrogen-bond acceptors (Lipinski definition) is 23. The van der Waals surface area contributed by atoms with Gasteiger partial charge >= 0.3 is 0 Å². The molecule has 0 fully saturated rings. The van der Waals surface area contributed by atoms with Gasteiger partial charge in [0.15, 0.2) is 0 Å². The Balaban J connectivity index is 0.000000165. The van der Waals surface area contributed by atoms with Crippen molar-refractivity contribution < 1.29 is 28.7 Å². The molecule has 2 aliphatic rings. The zero-order chi connectivity index (χ0) is 82.9. The second-order valence-corrected chi connectivity index (χ2v) is 29.8. The summed E-state index contributed by atoms with van der Waals surface area (Å²) in [7, 11) is 22.8. The molecule has 6 aromatic carbocycles. The number of alkyl halides is 1. The second kappa shape index (κ2) is 39.3. The summed E-state index contributed by atoms with van der Waals surface area (Å²) in [6.45, 7) is 13.4. The molecule has 0 atom stereocenters. The van der Waals surface area contributed by atoms with Gasteiger partial charge in [-0.25, -0.2) is 29.9 Å². The number of para-hydroxylation sites is 3. The van der Waals surface area contributed by atoms with E-state index in [4.69, 9.17) is 58.1 Å². The molecule has 0 radical (unpaired) electrons. The zero-order valence-corrected chi connectivity index (χ0v) is 69.7. The van der Waals surface area contributed by atoms with Crippen molar-refractivity contribution in [3.63, 3.8) is 0 Å². The largest absolute Gasteiger partial charge is 0.494 e. The molecule has 14 rings (SSSR count). The molecule has 30 heteroatoms. The van der Waals surface area contributed by atoms with E-state index in [0.717, 1.165) is 133 Å². The van der Waals surface area contributed by atoms with E-state index in [1.165, 1.54) is 51.5 Å². The first-order valence-corrected chi connectivity index (χ1v) is 39.2. The molecule has 116 heavy (non-hydrogen) atoms. The van der Waals surface area contributed by atoms with Gasteiger partial charge in [0, 0.05) is 192 Å². The number of nitro benzene ring substituents is 1. The average molecular weight is 1610 g/mol. The van der Waals surface area contributed by atoms with Gasteiger partial charge in [-0.3, -0.25) is 19.7 Å². The van der Waals surface area contributed by atoms with Crippen LogP contribution >= 0.6 is 23.2 Å². The normalized spacial score (nSPS) is 11.9. The quantitative estimate of drug-likeness (QED) is 0.00698. The molecule has 0 bridgehead atoms. The molecule has 0 aliphatic carbocycles. The number of nitrogens with one attached hydrogen (secondary N) is 4. The Bertz CT molecular complexity index is 5470. The number of hydrogen-bond donors (Lipinski definition) is 5. The third kappa shape index (κ3) is 20.5. The van der Waals surface area contributed by atoms with Crippen molar-refractivity contribution in [1.82, 2.24) is 58.3 Å². The smallest absolute Gasteiger partial charge is 0.294 e. The summed E-state index contributed by atoms with van der Waals surface area (Å²) < 4.78 is 23.9. The molecule has 0 saturated heterocycles. The molecule has 28 nitrogen and oxygen atoms in total. The minimum Gasteiger partial charge on any atom is -0.494 e. The van der Waals surface area contributed by atoms with Crippen molar-refractivity contribution in [3.05, 3.63) is 186 Å². The lowest BCUT2D eigenvalue weighted by Gasteiger charge is -2.26. The number of aryl methyl sites for hydroxylation is 5. The van der Waals surface area contributed by atoms with Crippen LogP contribution < -0.4 is 55.9 Å². The van der Waals surface area contributed by atoms with Gasteiger partial charge in [0.25, 0.3) is 5.69 Å². The van der Waals surface area contributed by atoms with Crippen LogP contribution in [0.25, 0.3) is 66.5 Å². The van der Waals surface area contributed by atoms with Crippen molar-refractivity contribution in [2.75, 3.05) is 172 Å². The average Bonchev–Trinajstić information content (AvgIpc) is 1.61. The standard InChI is InChI=1S/C29H35N7O2.C27H31N7O3.C27H33N7O.C3H4Cl2O/c1-7-28(37)31-23-17-24(27(38-6)18-26(23)35(5)16-15-34(3)4)33-29-30-14-13-22(32-29)21-19-36(8-2)25-12-10-9-11-20(21)25;1-31(2)13-14-32(3)23-16-25(37-4)22(15-24(23)34(35)36)30-27-28-11-10-21(29-27)20-17-33-12-6-8-18-7-5-9-19(20)26(18)33;1-32(2)13-14-33(3)24-16-25(35-4)23(15-21(24)28)31-27-29-11-10-22(30-27)20-17-34-12-6-8-18-7-5-9-19(20)26(18)34;4-2-1-3(5)6/h7,9-14,17-19H,1,8,15-16H2,2-6H3,(H,31,37)(H,30,32,33);5,7,9-11,15-17H,6,8,12-14H2,1-4H3,(H,28,29,30);5,7,9-11,15-17H,6,8,12-14,28H2,1-4H3,(H,29,30,31);1-2H2. The first-order chi connectivity index (χ1) is 55.9. The van der Waals surface area contributed by atoms with Crippen molar-refractivity contribution in [2.24, 2.45) is 0 Å². The third-order valence-electron chi connectivity index (χ3n) is 20.1. The number of methoxy groups -OCH3 is 3. The number of likely N-dealkylation sites (N-methyl/N-ethyl adjacent to an activating group) is 6. The van der Waals surface area contributed by atoms with Crippen molar-refractivity contribution >= 4 is 136 Å². The summed E-state index contributed by atoms with van der Waals surface area (Å²) in [6.07, 6.45) is 17.7. The molecule has 1 amide bonds. The first-order valence-electron chi connectivity index (χ1n) is 38.3.